The van der Waals surface area contributed by atoms with Crippen LogP contribution in [-0.2, 0) is 0 Å². The summed E-state index contributed by atoms with van der Waals surface area (Å²) in [6, 6.07) is 12.0. The first kappa shape index (κ1) is 17.5. The maximum atomic E-state index is 6.10. The number of aromatic nitrogens is 2. The Hall–Kier alpha value is -3.36. The summed E-state index contributed by atoms with van der Waals surface area (Å²) < 4.78 is 13.0. The third-order valence-corrected chi connectivity index (χ3v) is 10.2. The molecule has 4 aromatic heterocycles. The first-order valence-corrected chi connectivity index (χ1v) is 11.9. The van der Waals surface area contributed by atoms with Crippen LogP contribution in [0.25, 0.3) is 5.70 Å². The van der Waals surface area contributed by atoms with Gasteiger partial charge in [0.05, 0.1) is 28.1 Å². The second kappa shape index (κ2) is 6.86. The number of nitrogens with zero attached hydrogens (tertiary/aromatic N) is 3. The van der Waals surface area contributed by atoms with Gasteiger partial charge in [-0.15, -0.1) is 11.3 Å². The van der Waals surface area contributed by atoms with Gasteiger partial charge in [0.1, 0.15) is 12.3 Å². The van der Waals surface area contributed by atoms with E-state index in [0.29, 0.717) is 5.89 Å². The van der Waals surface area contributed by atoms with Gasteiger partial charge in [0.2, 0.25) is 0 Å². The fraction of sp³-hybridized carbons (Fsp3) is 0.0455. The van der Waals surface area contributed by atoms with Crippen LogP contribution >= 0.6 is 21.4 Å². The van der Waals surface area contributed by atoms with Crippen molar-refractivity contribution in [1.82, 2.24) is 9.97 Å². The molecule has 0 spiro atoms. The molecule has 1 N–H and O–H groups in total. The molecule has 2 aliphatic heterocycles. The van der Waals surface area contributed by atoms with Gasteiger partial charge < -0.3 is 13.8 Å². The number of H-pyrrole nitrogens is 1. The van der Waals surface area contributed by atoms with Crippen LogP contribution in [0.1, 0.15) is 11.6 Å². The Kier molecular flexibility index (Phi) is 4.00. The van der Waals surface area contributed by atoms with E-state index in [1.807, 2.05) is 42.8 Å². The van der Waals surface area contributed by atoms with Crippen LogP contribution in [0.4, 0.5) is 0 Å². The lowest BCUT2D eigenvalue weighted by molar-refractivity contribution is 0.471. The van der Waals surface area contributed by atoms with E-state index in [-0.39, 0.29) is 6.04 Å². The molecule has 4 aromatic rings. The van der Waals surface area contributed by atoms with E-state index < -0.39 is 10.0 Å². The maximum Gasteiger partial charge on any atom is 0.251 e. The van der Waals surface area contributed by atoms with Gasteiger partial charge in [-0.05, 0) is 41.8 Å². The Morgan fingerprint density at radius 1 is 1.07 bits per heavy atom. The minimum atomic E-state index is -2.05. The maximum absolute atomic E-state index is 6.10. The summed E-state index contributed by atoms with van der Waals surface area (Å²) in [4.78, 5) is 18.8. The monoisotopic (exact) mass is 432 g/mol. The highest BCUT2D eigenvalue weighted by atomic mass is 32.3. The normalized spacial score (nSPS) is 25.1. The Bertz CT molecular complexity index is 1230. The van der Waals surface area contributed by atoms with Crippen LogP contribution in [0.5, 0.6) is 0 Å². The number of thiophene rings is 1. The molecule has 0 saturated heterocycles. The zero-order chi connectivity index (χ0) is 20.0. The average Bonchev–Trinajstić information content (AvgIpc) is 3.62. The molecule has 0 bridgehead atoms. The van der Waals surface area contributed by atoms with E-state index in [9.17, 15) is 0 Å². The Balaban J connectivity index is 1.75. The Morgan fingerprint density at radius 3 is 2.73 bits per heavy atom. The van der Waals surface area contributed by atoms with Gasteiger partial charge in [-0.1, -0.05) is 22.2 Å². The van der Waals surface area contributed by atoms with Crippen LogP contribution in [0.15, 0.2) is 112 Å². The second-order valence-electron chi connectivity index (χ2n) is 6.66. The van der Waals surface area contributed by atoms with Crippen molar-refractivity contribution >= 4 is 38.3 Å². The third-order valence-electron chi connectivity index (χ3n) is 5.02. The number of hydrogen-bond acceptors (Lipinski definition) is 6. The number of nitrogens with one attached hydrogen (secondary N) is 1. The predicted molar refractivity (Wildman–Crippen MR) is 119 cm³/mol. The molecule has 2 aliphatic rings. The third kappa shape index (κ3) is 2.41. The zero-order valence-electron chi connectivity index (χ0n) is 15.6. The fourth-order valence-electron chi connectivity index (χ4n) is 3.86. The lowest BCUT2D eigenvalue weighted by Gasteiger charge is -2.37. The van der Waals surface area contributed by atoms with E-state index in [2.05, 4.69) is 33.6 Å². The summed E-state index contributed by atoms with van der Waals surface area (Å²) in [5, 5.41) is 3.70. The number of hydrogen-bond donors (Lipinski definition) is 1. The van der Waals surface area contributed by atoms with Gasteiger partial charge in [-0.25, -0.2) is 9.98 Å². The molecular formula is C22H16N4O2S2. The Labute approximate surface area is 177 Å². The van der Waals surface area contributed by atoms with Gasteiger partial charge in [0.25, 0.3) is 5.89 Å². The molecule has 6 nitrogen and oxygen atoms in total. The van der Waals surface area contributed by atoms with Gasteiger partial charge in [0.15, 0.2) is 10.1 Å². The van der Waals surface area contributed by atoms with Crippen molar-refractivity contribution in [1.29, 1.82) is 0 Å². The number of oxazole rings is 1. The van der Waals surface area contributed by atoms with Crippen molar-refractivity contribution in [3.05, 3.63) is 95.3 Å². The molecule has 148 valence electrons. The van der Waals surface area contributed by atoms with Crippen LogP contribution in [0.3, 0.4) is 0 Å². The van der Waals surface area contributed by atoms with E-state index in [1.165, 1.54) is 0 Å². The molecule has 0 aromatic carbocycles. The van der Waals surface area contributed by atoms with E-state index in [0.717, 1.165) is 30.6 Å². The molecule has 0 aliphatic carbocycles. The highest BCUT2D eigenvalue weighted by Gasteiger charge is 2.51. The van der Waals surface area contributed by atoms with Gasteiger partial charge >= 0.3 is 0 Å². The summed E-state index contributed by atoms with van der Waals surface area (Å²) in [5.74, 6) is 0.500. The average molecular weight is 433 g/mol. The molecule has 0 radical (unpaired) electrons. The predicted octanol–water partition coefficient (Wildman–Crippen LogP) is 5.72. The molecule has 30 heavy (non-hydrogen) atoms. The van der Waals surface area contributed by atoms with Crippen LogP contribution in [0, 0.1) is 0 Å². The summed E-state index contributed by atoms with van der Waals surface area (Å²) >= 11 is 1.69. The summed E-state index contributed by atoms with van der Waals surface area (Å²) in [7, 11) is -2.05. The molecular weight excluding hydrogens is 416 g/mol. The zero-order valence-corrected chi connectivity index (χ0v) is 17.3. The van der Waals surface area contributed by atoms with Crippen molar-refractivity contribution in [2.24, 2.45) is 9.98 Å². The highest BCUT2D eigenvalue weighted by molar-refractivity contribution is 8.49. The minimum Gasteiger partial charge on any atom is -0.459 e. The second-order valence-corrected chi connectivity index (χ2v) is 10.8. The van der Waals surface area contributed by atoms with E-state index in [4.69, 9.17) is 18.8 Å². The molecule has 6 heterocycles. The number of aliphatic imine (C=N–C) groups is 2. The molecule has 8 heteroatoms. The topological polar surface area (TPSA) is 79.7 Å². The fourth-order valence-corrected chi connectivity index (χ4v) is 9.33. The molecule has 0 amide bonds. The van der Waals surface area contributed by atoms with Crippen molar-refractivity contribution in [3.63, 3.8) is 0 Å². The minimum absolute atomic E-state index is 0.151. The quantitative estimate of drug-likeness (QED) is 0.438. The van der Waals surface area contributed by atoms with Crippen LogP contribution in [0.2, 0.25) is 0 Å². The standard InChI is InChI=1S/C22H16N4O2S2/c1-5-15(23-9-1)19-20(16-6-2-10-24-16)30(17-7-3-12-27-17,18-8-4-14-29-18)22(26-19)21-25-11-13-28-21/h1-14,16,23H. The van der Waals surface area contributed by atoms with Crippen LogP contribution in [-0.4, -0.2) is 27.3 Å². The number of aromatic amines is 1. The SMILES string of the molecule is C1=CC(C2=C(c3ccc[nH]3)N=C(c3ncco3)S2(c2ccco2)c2cccs2)N=C1. The number of allylic oxidation sites excluding steroid dienone is 1. The summed E-state index contributed by atoms with van der Waals surface area (Å²) in [6.07, 6.45) is 12.8. The van der Waals surface area contributed by atoms with E-state index >= 15 is 0 Å². The molecule has 0 fully saturated rings. The van der Waals surface area contributed by atoms with Gasteiger partial charge in [-0.3, -0.25) is 4.99 Å². The van der Waals surface area contributed by atoms with E-state index in [1.54, 1.807) is 30.1 Å². The van der Waals surface area contributed by atoms with Crippen molar-refractivity contribution < 1.29 is 8.83 Å². The van der Waals surface area contributed by atoms with Crippen LogP contribution < -0.4 is 0 Å². The molecule has 0 saturated carbocycles. The summed E-state index contributed by atoms with van der Waals surface area (Å²) in [5.41, 5.74) is 1.80. The van der Waals surface area contributed by atoms with Gasteiger partial charge in [-0.2, -0.15) is 0 Å². The van der Waals surface area contributed by atoms with Crippen molar-refractivity contribution in [2.45, 2.75) is 15.3 Å². The van der Waals surface area contributed by atoms with Crippen molar-refractivity contribution in [2.75, 3.05) is 0 Å². The number of rotatable bonds is 5. The molecule has 6 rings (SSSR count). The first-order chi connectivity index (χ1) is 14.9. The number of furan rings is 1. The lowest BCUT2D eigenvalue weighted by Crippen LogP contribution is -2.18. The van der Waals surface area contributed by atoms with Gasteiger partial charge in [0, 0.05) is 17.3 Å². The summed E-state index contributed by atoms with van der Waals surface area (Å²) in [6.45, 7) is 0. The van der Waals surface area contributed by atoms with Crippen molar-refractivity contribution in [3.8, 4) is 0 Å². The Morgan fingerprint density at radius 2 is 2.07 bits per heavy atom. The first-order valence-electron chi connectivity index (χ1n) is 9.36. The molecule has 2 atom stereocenters. The largest absolute Gasteiger partial charge is 0.459 e. The smallest absolute Gasteiger partial charge is 0.251 e. The molecule has 2 unspecified atom stereocenters. The highest BCUT2D eigenvalue weighted by Crippen LogP contribution is 2.76. The lowest BCUT2D eigenvalue weighted by atomic mass is 10.2.